The van der Waals surface area contributed by atoms with Gasteiger partial charge in [-0.1, -0.05) is 24.3 Å². The summed E-state index contributed by atoms with van der Waals surface area (Å²) in [4.78, 5) is 0. The summed E-state index contributed by atoms with van der Waals surface area (Å²) >= 11 is 0. The predicted octanol–water partition coefficient (Wildman–Crippen LogP) is 1.70. The van der Waals surface area contributed by atoms with Gasteiger partial charge < -0.3 is 4.74 Å². The Morgan fingerprint density at radius 2 is 1.71 bits per heavy atom. The molecule has 0 fully saturated rings. The SMILES string of the molecule is C1=Cc2ccccc2OC1.[Fe].[Se].[Zn].[Zn]. The van der Waals surface area contributed by atoms with E-state index in [0.717, 1.165) is 5.75 Å². The summed E-state index contributed by atoms with van der Waals surface area (Å²) in [6.07, 6.45) is 4.10. The third-order valence-corrected chi connectivity index (χ3v) is 1.55. The summed E-state index contributed by atoms with van der Waals surface area (Å²) in [6.45, 7) is 0.705. The Morgan fingerprint density at radius 1 is 1.07 bits per heavy atom. The third kappa shape index (κ3) is 5.22. The quantitative estimate of drug-likeness (QED) is 0.606. The molecule has 0 aliphatic carbocycles. The summed E-state index contributed by atoms with van der Waals surface area (Å²) < 4.78 is 5.34. The van der Waals surface area contributed by atoms with Crippen molar-refractivity contribution in [2.75, 3.05) is 6.61 Å². The molecule has 2 rings (SSSR count). The molecule has 0 N–H and O–H groups in total. The largest absolute Gasteiger partial charge is 0.489 e. The number of fused-ring (bicyclic) bond motifs is 1. The van der Waals surface area contributed by atoms with Crippen LogP contribution in [0.1, 0.15) is 5.56 Å². The van der Waals surface area contributed by atoms with Crippen molar-refractivity contribution < 1.29 is 60.8 Å². The molecular formula is C9H8FeOSeZn2. The first-order chi connectivity index (χ1) is 4.97. The maximum Gasteiger partial charge on any atom is 0.126 e. The average molecular weight is 398 g/mol. The van der Waals surface area contributed by atoms with Crippen LogP contribution in [0.2, 0.25) is 0 Å². The maximum atomic E-state index is 5.34. The maximum absolute atomic E-state index is 5.34. The molecular weight excluding hydrogens is 390 g/mol. The van der Waals surface area contributed by atoms with Gasteiger partial charge in [0.05, 0.1) is 0 Å². The Kier molecular flexibility index (Phi) is 15.4. The minimum Gasteiger partial charge on any atom is -0.489 e. The first kappa shape index (κ1) is 20.5. The molecule has 0 aromatic heterocycles. The topological polar surface area (TPSA) is 9.23 Å². The van der Waals surface area contributed by atoms with Crippen LogP contribution in [0.4, 0.5) is 0 Å². The summed E-state index contributed by atoms with van der Waals surface area (Å²) in [7, 11) is 0. The molecule has 68 valence electrons. The standard InChI is InChI=1S/C9H8O.Fe.Se.2Zn/c1-2-6-9-8(4-1)5-3-7-10-9;;;;/h1-6H,7H2;;;;. The van der Waals surface area contributed by atoms with Crippen LogP contribution in [0.15, 0.2) is 30.3 Å². The van der Waals surface area contributed by atoms with Crippen molar-refractivity contribution >= 4 is 23.1 Å². The Hall–Kier alpha value is 1.05. The molecule has 2 radical (unpaired) electrons. The minimum atomic E-state index is 0. The molecule has 1 aliphatic heterocycles. The Morgan fingerprint density at radius 3 is 2.36 bits per heavy atom. The zero-order valence-electron chi connectivity index (χ0n) is 7.76. The van der Waals surface area contributed by atoms with Gasteiger partial charge in [0, 0.05) is 78.7 Å². The molecule has 0 amide bonds. The van der Waals surface area contributed by atoms with E-state index in [1.807, 2.05) is 30.3 Å². The van der Waals surface area contributed by atoms with Crippen molar-refractivity contribution in [1.29, 1.82) is 0 Å². The van der Waals surface area contributed by atoms with Crippen LogP contribution in [0.5, 0.6) is 5.75 Å². The molecule has 0 atom stereocenters. The van der Waals surface area contributed by atoms with E-state index in [2.05, 4.69) is 6.08 Å². The van der Waals surface area contributed by atoms with Crippen molar-refractivity contribution in [2.45, 2.75) is 0 Å². The zero-order chi connectivity index (χ0) is 6.81. The van der Waals surface area contributed by atoms with Crippen LogP contribution in [0.3, 0.4) is 0 Å². The summed E-state index contributed by atoms with van der Waals surface area (Å²) in [6, 6.07) is 8.03. The molecule has 1 nitrogen and oxygen atoms in total. The second-order valence-electron chi connectivity index (χ2n) is 2.25. The van der Waals surface area contributed by atoms with Gasteiger partial charge in [-0.15, -0.1) is 0 Å². The summed E-state index contributed by atoms with van der Waals surface area (Å²) in [5.74, 6) is 0.991. The van der Waals surface area contributed by atoms with E-state index in [1.54, 1.807) is 0 Å². The van der Waals surface area contributed by atoms with E-state index in [-0.39, 0.29) is 73.1 Å². The Bertz CT molecular complexity index is 281. The zero-order valence-corrected chi connectivity index (χ0v) is 16.5. The van der Waals surface area contributed by atoms with Gasteiger partial charge in [0.2, 0.25) is 0 Å². The van der Waals surface area contributed by atoms with Crippen LogP contribution in [-0.2, 0) is 56.0 Å². The van der Waals surface area contributed by atoms with Gasteiger partial charge in [0.15, 0.2) is 0 Å². The number of ether oxygens (including phenoxy) is 1. The van der Waals surface area contributed by atoms with E-state index in [9.17, 15) is 0 Å². The fraction of sp³-hybridized carbons (Fsp3) is 0.111. The molecule has 1 aromatic carbocycles. The van der Waals surface area contributed by atoms with Gasteiger partial charge in [0.25, 0.3) is 0 Å². The molecule has 5 heteroatoms. The molecule has 0 bridgehead atoms. The second kappa shape index (κ2) is 10.6. The van der Waals surface area contributed by atoms with Gasteiger partial charge >= 0.3 is 0 Å². The minimum absolute atomic E-state index is 0. The van der Waals surface area contributed by atoms with Gasteiger partial charge in [-0.3, -0.25) is 0 Å². The normalized spacial score (nSPS) is 10.0. The number of hydrogen-bond acceptors (Lipinski definition) is 1. The van der Waals surface area contributed by atoms with Crippen LogP contribution in [-0.4, -0.2) is 23.7 Å². The van der Waals surface area contributed by atoms with Crippen molar-refractivity contribution in [1.82, 2.24) is 0 Å². The molecule has 14 heavy (non-hydrogen) atoms. The Balaban J connectivity index is -0.000000302. The summed E-state index contributed by atoms with van der Waals surface area (Å²) in [5.41, 5.74) is 1.17. The molecule has 0 saturated carbocycles. The van der Waals surface area contributed by atoms with Crippen LogP contribution in [0.25, 0.3) is 6.08 Å². The van der Waals surface area contributed by atoms with Gasteiger partial charge in [0.1, 0.15) is 12.4 Å². The first-order valence-electron chi connectivity index (χ1n) is 3.35. The van der Waals surface area contributed by atoms with Gasteiger partial charge in [-0.2, -0.15) is 0 Å². The number of benzene rings is 1. The van der Waals surface area contributed by atoms with Crippen molar-refractivity contribution in [3.8, 4) is 5.75 Å². The fourth-order valence-corrected chi connectivity index (χ4v) is 1.06. The van der Waals surface area contributed by atoms with Crippen LogP contribution in [0, 0.1) is 0 Å². The van der Waals surface area contributed by atoms with Crippen molar-refractivity contribution in [3.63, 3.8) is 0 Å². The first-order valence-corrected chi connectivity index (χ1v) is 3.35. The van der Waals surface area contributed by atoms with Gasteiger partial charge in [-0.05, 0) is 12.1 Å². The molecule has 0 unspecified atom stereocenters. The average Bonchev–Trinajstić information content (AvgIpc) is 2.05. The number of rotatable bonds is 0. The predicted molar refractivity (Wildman–Crippen MR) is 46.7 cm³/mol. The third-order valence-electron chi connectivity index (χ3n) is 1.55. The molecule has 0 spiro atoms. The Labute approximate surface area is 131 Å². The fourth-order valence-electron chi connectivity index (χ4n) is 1.06. The van der Waals surface area contributed by atoms with Gasteiger partial charge in [-0.25, -0.2) is 0 Å². The molecule has 1 aliphatic rings. The van der Waals surface area contributed by atoms with E-state index in [0.29, 0.717) is 6.61 Å². The van der Waals surface area contributed by atoms with Crippen LogP contribution < -0.4 is 4.74 Å². The number of para-hydroxylation sites is 1. The van der Waals surface area contributed by atoms with E-state index < -0.39 is 0 Å². The van der Waals surface area contributed by atoms with Crippen molar-refractivity contribution in [2.24, 2.45) is 0 Å². The van der Waals surface area contributed by atoms with Crippen molar-refractivity contribution in [3.05, 3.63) is 35.9 Å². The smallest absolute Gasteiger partial charge is 0.126 e. The van der Waals surface area contributed by atoms with E-state index in [1.165, 1.54) is 5.56 Å². The van der Waals surface area contributed by atoms with E-state index in [4.69, 9.17) is 4.74 Å². The molecule has 0 saturated heterocycles. The summed E-state index contributed by atoms with van der Waals surface area (Å²) in [5, 5.41) is 0. The number of hydrogen-bond donors (Lipinski definition) is 0. The second-order valence-corrected chi connectivity index (χ2v) is 2.25. The molecule has 1 aromatic rings. The monoisotopic (exact) mass is 396 g/mol. The van der Waals surface area contributed by atoms with Crippen LogP contribution >= 0.6 is 0 Å². The van der Waals surface area contributed by atoms with E-state index >= 15 is 0 Å². The molecule has 1 heterocycles.